The zero-order valence-corrected chi connectivity index (χ0v) is 12.8. The van der Waals surface area contributed by atoms with Crippen LogP contribution in [0.5, 0.6) is 0 Å². The Hall–Kier alpha value is -1.30. The number of rotatable bonds is 3. The van der Waals surface area contributed by atoms with Crippen molar-refractivity contribution >= 4 is 12.0 Å². The molecule has 21 heavy (non-hydrogen) atoms. The molecule has 2 rings (SSSR count). The van der Waals surface area contributed by atoms with Crippen LogP contribution in [-0.2, 0) is 9.53 Å². The highest BCUT2D eigenvalue weighted by atomic mass is 16.5. The molecule has 0 aromatic carbocycles. The first kappa shape index (κ1) is 16.1. The second-order valence-corrected chi connectivity index (χ2v) is 6.48. The van der Waals surface area contributed by atoms with Gasteiger partial charge in [-0.15, -0.1) is 0 Å². The van der Waals surface area contributed by atoms with Gasteiger partial charge in [0.1, 0.15) is 6.04 Å². The van der Waals surface area contributed by atoms with Crippen molar-refractivity contribution in [2.24, 2.45) is 5.41 Å². The molecule has 2 heterocycles. The number of nitrogens with one attached hydrogen (secondary N) is 1. The second kappa shape index (κ2) is 7.11. The molecule has 6 nitrogen and oxygen atoms in total. The molecule has 1 unspecified atom stereocenters. The van der Waals surface area contributed by atoms with Crippen LogP contribution in [-0.4, -0.2) is 54.4 Å². The number of carboxylic acid groups (broad SMARTS) is 1. The summed E-state index contributed by atoms with van der Waals surface area (Å²) in [4.78, 5) is 25.2. The fourth-order valence-electron chi connectivity index (χ4n) is 3.04. The Morgan fingerprint density at radius 3 is 2.67 bits per heavy atom. The van der Waals surface area contributed by atoms with Gasteiger partial charge in [0.05, 0.1) is 0 Å². The van der Waals surface area contributed by atoms with Crippen LogP contribution in [0.2, 0.25) is 0 Å². The van der Waals surface area contributed by atoms with E-state index >= 15 is 0 Å². The zero-order chi connectivity index (χ0) is 15.3. The van der Waals surface area contributed by atoms with E-state index in [0.29, 0.717) is 19.5 Å². The SMILES string of the molecule is CC1(CNC(=O)N2CCCCCC2C(=O)O)CCOCC1. The molecule has 0 aromatic rings. The Balaban J connectivity index is 1.92. The number of urea groups is 1. The summed E-state index contributed by atoms with van der Waals surface area (Å²) in [6, 6.07) is -0.924. The quantitative estimate of drug-likeness (QED) is 0.833. The summed E-state index contributed by atoms with van der Waals surface area (Å²) < 4.78 is 5.35. The van der Waals surface area contributed by atoms with E-state index in [1.54, 1.807) is 0 Å². The third kappa shape index (κ3) is 4.33. The largest absolute Gasteiger partial charge is 0.480 e. The van der Waals surface area contributed by atoms with Crippen LogP contribution < -0.4 is 5.32 Å². The third-order valence-electron chi connectivity index (χ3n) is 4.67. The van der Waals surface area contributed by atoms with Gasteiger partial charge in [0.15, 0.2) is 0 Å². The van der Waals surface area contributed by atoms with E-state index in [2.05, 4.69) is 12.2 Å². The van der Waals surface area contributed by atoms with Crippen LogP contribution >= 0.6 is 0 Å². The van der Waals surface area contributed by atoms with E-state index in [-0.39, 0.29) is 11.4 Å². The lowest BCUT2D eigenvalue weighted by atomic mass is 9.82. The average Bonchev–Trinajstić information content (AvgIpc) is 2.71. The number of amides is 2. The van der Waals surface area contributed by atoms with Crippen molar-refractivity contribution < 1.29 is 19.4 Å². The van der Waals surface area contributed by atoms with Gasteiger partial charge < -0.3 is 20.1 Å². The highest BCUT2D eigenvalue weighted by Crippen LogP contribution is 2.28. The minimum Gasteiger partial charge on any atom is -0.480 e. The number of nitrogens with zero attached hydrogens (tertiary/aromatic N) is 1. The van der Waals surface area contributed by atoms with E-state index in [4.69, 9.17) is 4.74 Å². The number of hydrogen-bond donors (Lipinski definition) is 2. The standard InChI is InChI=1S/C15H26N2O4/c1-15(6-9-21-10-7-15)11-16-14(20)17-8-4-2-3-5-12(17)13(18)19/h12H,2-11H2,1H3,(H,16,20)(H,18,19). The van der Waals surface area contributed by atoms with E-state index in [1.807, 2.05) is 0 Å². The molecule has 2 saturated heterocycles. The molecule has 6 heteroatoms. The van der Waals surface area contributed by atoms with Crippen molar-refractivity contribution in [2.45, 2.75) is 51.5 Å². The summed E-state index contributed by atoms with van der Waals surface area (Å²) in [5.41, 5.74) is 0.0540. The monoisotopic (exact) mass is 298 g/mol. The van der Waals surface area contributed by atoms with Crippen LogP contribution in [0.25, 0.3) is 0 Å². The molecular weight excluding hydrogens is 272 g/mol. The van der Waals surface area contributed by atoms with Crippen molar-refractivity contribution in [1.82, 2.24) is 10.2 Å². The van der Waals surface area contributed by atoms with Crippen molar-refractivity contribution in [3.63, 3.8) is 0 Å². The summed E-state index contributed by atoms with van der Waals surface area (Å²) in [7, 11) is 0. The lowest BCUT2D eigenvalue weighted by Gasteiger charge is -2.35. The molecule has 120 valence electrons. The molecule has 2 amide bonds. The Morgan fingerprint density at radius 2 is 2.00 bits per heavy atom. The highest BCUT2D eigenvalue weighted by Gasteiger charge is 2.33. The number of carbonyl (C=O) groups is 2. The minimum absolute atomic E-state index is 0.0540. The molecule has 0 aromatic heterocycles. The van der Waals surface area contributed by atoms with Gasteiger partial charge in [-0.2, -0.15) is 0 Å². The molecule has 2 N–H and O–H groups in total. The van der Waals surface area contributed by atoms with Crippen LogP contribution in [0.1, 0.15) is 45.4 Å². The maximum atomic E-state index is 12.4. The predicted octanol–water partition coefficient (Wildman–Crippen LogP) is 1.84. The average molecular weight is 298 g/mol. The summed E-state index contributed by atoms with van der Waals surface area (Å²) >= 11 is 0. The Bertz CT molecular complexity index is 380. The van der Waals surface area contributed by atoms with E-state index in [1.165, 1.54) is 4.90 Å². The lowest BCUT2D eigenvalue weighted by molar-refractivity contribution is -0.142. The van der Waals surface area contributed by atoms with Gasteiger partial charge in [0.2, 0.25) is 0 Å². The first-order chi connectivity index (χ1) is 10.0. The number of likely N-dealkylation sites (tertiary alicyclic amines) is 1. The van der Waals surface area contributed by atoms with Gasteiger partial charge in [-0.3, -0.25) is 0 Å². The number of carboxylic acids is 1. The lowest BCUT2D eigenvalue weighted by Crippen LogP contribution is -2.51. The summed E-state index contributed by atoms with van der Waals surface area (Å²) in [5, 5.41) is 12.3. The fraction of sp³-hybridized carbons (Fsp3) is 0.867. The third-order valence-corrected chi connectivity index (χ3v) is 4.67. The molecule has 2 fully saturated rings. The van der Waals surface area contributed by atoms with Gasteiger partial charge in [0.25, 0.3) is 0 Å². The summed E-state index contributed by atoms with van der Waals surface area (Å²) in [5.74, 6) is -0.899. The fourth-order valence-corrected chi connectivity index (χ4v) is 3.04. The molecule has 2 aliphatic heterocycles. The first-order valence-electron chi connectivity index (χ1n) is 7.87. The van der Waals surface area contributed by atoms with Gasteiger partial charge in [-0.1, -0.05) is 19.8 Å². The molecular formula is C15H26N2O4. The normalized spacial score (nSPS) is 26.0. The van der Waals surface area contributed by atoms with Gasteiger partial charge >= 0.3 is 12.0 Å². The van der Waals surface area contributed by atoms with Crippen LogP contribution in [0, 0.1) is 5.41 Å². The number of ether oxygens (including phenoxy) is 1. The van der Waals surface area contributed by atoms with E-state index in [0.717, 1.165) is 45.3 Å². The van der Waals surface area contributed by atoms with Crippen molar-refractivity contribution in [3.8, 4) is 0 Å². The number of aliphatic carboxylic acids is 1. The van der Waals surface area contributed by atoms with Crippen molar-refractivity contribution in [3.05, 3.63) is 0 Å². The topological polar surface area (TPSA) is 78.9 Å². The first-order valence-corrected chi connectivity index (χ1v) is 7.87. The van der Waals surface area contributed by atoms with Gasteiger partial charge in [-0.25, -0.2) is 9.59 Å². The number of carbonyl (C=O) groups excluding carboxylic acids is 1. The van der Waals surface area contributed by atoms with Crippen molar-refractivity contribution in [2.75, 3.05) is 26.3 Å². The predicted molar refractivity (Wildman–Crippen MR) is 78.2 cm³/mol. The highest BCUT2D eigenvalue weighted by molar-refractivity contribution is 5.82. The Morgan fingerprint density at radius 1 is 1.29 bits per heavy atom. The maximum absolute atomic E-state index is 12.4. The number of hydrogen-bond acceptors (Lipinski definition) is 3. The van der Waals surface area contributed by atoms with Gasteiger partial charge in [-0.05, 0) is 31.1 Å². The molecule has 1 atom stereocenters. The van der Waals surface area contributed by atoms with Gasteiger partial charge in [0, 0.05) is 26.3 Å². The van der Waals surface area contributed by atoms with Crippen molar-refractivity contribution in [1.29, 1.82) is 0 Å². The van der Waals surface area contributed by atoms with Crippen LogP contribution in [0.15, 0.2) is 0 Å². The van der Waals surface area contributed by atoms with Crippen LogP contribution in [0.3, 0.4) is 0 Å². The molecule has 2 aliphatic rings. The van der Waals surface area contributed by atoms with E-state index < -0.39 is 12.0 Å². The van der Waals surface area contributed by atoms with Crippen LogP contribution in [0.4, 0.5) is 4.79 Å². The Labute approximate surface area is 125 Å². The molecule has 0 radical (unpaired) electrons. The maximum Gasteiger partial charge on any atom is 0.326 e. The zero-order valence-electron chi connectivity index (χ0n) is 12.8. The summed E-state index contributed by atoms with van der Waals surface area (Å²) in [6.07, 6.45) is 5.14. The Kier molecular flexibility index (Phi) is 5.45. The second-order valence-electron chi connectivity index (χ2n) is 6.48. The van der Waals surface area contributed by atoms with E-state index in [9.17, 15) is 14.7 Å². The molecule has 0 saturated carbocycles. The summed E-state index contributed by atoms with van der Waals surface area (Å²) in [6.45, 7) is 4.72. The minimum atomic E-state index is -0.899. The molecule has 0 bridgehead atoms. The molecule has 0 spiro atoms. The molecule has 0 aliphatic carbocycles. The smallest absolute Gasteiger partial charge is 0.326 e.